The molecule has 2 atom stereocenters. The van der Waals surface area contributed by atoms with Gasteiger partial charge in [-0.1, -0.05) is 19.6 Å². The van der Waals surface area contributed by atoms with Crippen LogP contribution in [0.2, 0.25) is 0 Å². The number of amides is 1. The van der Waals surface area contributed by atoms with Crippen LogP contribution in [0.5, 0.6) is 0 Å². The van der Waals surface area contributed by atoms with E-state index in [1.165, 1.54) is 29.5 Å². The molecule has 0 bridgehead atoms. The summed E-state index contributed by atoms with van der Waals surface area (Å²) < 4.78 is 28.2. The number of nitrogens with zero attached hydrogens (tertiary/aromatic N) is 3. The predicted molar refractivity (Wildman–Crippen MR) is 131 cm³/mol. The summed E-state index contributed by atoms with van der Waals surface area (Å²) in [6, 6.07) is 5.42. The highest BCUT2D eigenvalue weighted by Crippen LogP contribution is 2.53. The summed E-state index contributed by atoms with van der Waals surface area (Å²) in [5.74, 6) is -0.0367. The number of benzene rings is 1. The summed E-state index contributed by atoms with van der Waals surface area (Å²) in [5, 5.41) is 5.35. The molecule has 176 valence electrons. The molecule has 2 heterocycles. The van der Waals surface area contributed by atoms with Crippen molar-refractivity contribution in [3.63, 3.8) is 0 Å². The van der Waals surface area contributed by atoms with Crippen molar-refractivity contribution in [3.05, 3.63) is 70.2 Å². The minimum Gasteiger partial charge on any atom is -0.398 e. The standard InChI is InChI=1S/C25H25F2N5OS/c1-13-10-16(13)22-20(28)11-21(30-12-17-18(26)4-3-5-19(17)27)31-23(22)32(15-6-7-15)25(33)14(2)24-29-8-9-34-24/h3-5,8-9,11,13,15-16H,2,6-7,10,12H2,1H3,(H3,28,30,31). The lowest BCUT2D eigenvalue weighted by Crippen LogP contribution is -2.35. The predicted octanol–water partition coefficient (Wildman–Crippen LogP) is 5.34. The molecule has 6 nitrogen and oxygen atoms in total. The van der Waals surface area contributed by atoms with Crippen LogP contribution >= 0.6 is 11.3 Å². The molecular weight excluding hydrogens is 456 g/mol. The third-order valence-electron chi connectivity index (χ3n) is 6.37. The van der Waals surface area contributed by atoms with E-state index < -0.39 is 11.6 Å². The zero-order valence-corrected chi connectivity index (χ0v) is 19.5. The second-order valence-corrected chi connectivity index (χ2v) is 9.82. The van der Waals surface area contributed by atoms with Crippen LogP contribution in [-0.4, -0.2) is 21.9 Å². The van der Waals surface area contributed by atoms with Crippen LogP contribution < -0.4 is 16.0 Å². The van der Waals surface area contributed by atoms with E-state index in [9.17, 15) is 13.6 Å². The Hall–Kier alpha value is -3.33. The maximum absolute atomic E-state index is 14.1. The molecule has 9 heteroatoms. The fourth-order valence-electron chi connectivity index (χ4n) is 4.20. The van der Waals surface area contributed by atoms with Crippen LogP contribution in [0.1, 0.15) is 48.2 Å². The third kappa shape index (κ3) is 4.27. The number of carbonyl (C=O) groups excluding carboxylic acids is 1. The molecule has 2 fully saturated rings. The SMILES string of the molecule is C=C(C(=O)N(c1nc(NCc2c(F)cccc2F)cc(N)c1C1CC1C)C1CC1)c1nccs1. The number of nitrogen functional groups attached to an aromatic ring is 1. The number of hydrogen-bond donors (Lipinski definition) is 2. The Kier molecular flexibility index (Phi) is 5.81. The van der Waals surface area contributed by atoms with Crippen LogP contribution in [0.25, 0.3) is 5.57 Å². The van der Waals surface area contributed by atoms with Crippen molar-refractivity contribution in [3.8, 4) is 0 Å². The van der Waals surface area contributed by atoms with Crippen molar-refractivity contribution in [2.75, 3.05) is 16.0 Å². The molecule has 3 N–H and O–H groups in total. The molecule has 0 saturated heterocycles. The third-order valence-corrected chi connectivity index (χ3v) is 7.20. The Morgan fingerprint density at radius 1 is 1.32 bits per heavy atom. The Labute approximate surface area is 200 Å². The first-order chi connectivity index (χ1) is 16.3. The highest BCUT2D eigenvalue weighted by molar-refractivity contribution is 7.11. The van der Waals surface area contributed by atoms with Crippen molar-refractivity contribution in [1.29, 1.82) is 0 Å². The first kappa shape index (κ1) is 22.5. The van der Waals surface area contributed by atoms with Gasteiger partial charge in [0.05, 0.1) is 5.57 Å². The Bertz CT molecular complexity index is 1240. The Morgan fingerprint density at radius 2 is 2.03 bits per heavy atom. The molecule has 0 spiro atoms. The minimum atomic E-state index is -0.640. The summed E-state index contributed by atoms with van der Waals surface area (Å²) in [5.41, 5.74) is 8.06. The number of carbonyl (C=O) groups is 1. The topological polar surface area (TPSA) is 84.1 Å². The lowest BCUT2D eigenvalue weighted by molar-refractivity contribution is -0.113. The van der Waals surface area contributed by atoms with Gasteiger partial charge < -0.3 is 11.1 Å². The molecule has 34 heavy (non-hydrogen) atoms. The number of hydrogen-bond acceptors (Lipinski definition) is 6. The smallest absolute Gasteiger partial charge is 0.262 e. The van der Waals surface area contributed by atoms with Gasteiger partial charge in [-0.25, -0.2) is 18.7 Å². The van der Waals surface area contributed by atoms with Gasteiger partial charge in [-0.2, -0.15) is 0 Å². The van der Waals surface area contributed by atoms with Gasteiger partial charge >= 0.3 is 0 Å². The summed E-state index contributed by atoms with van der Waals surface area (Å²) in [6.45, 7) is 6.03. The van der Waals surface area contributed by atoms with E-state index in [1.807, 2.05) is 0 Å². The van der Waals surface area contributed by atoms with Crippen molar-refractivity contribution < 1.29 is 13.6 Å². The number of thiazole rings is 1. The maximum Gasteiger partial charge on any atom is 0.262 e. The number of nitrogens with one attached hydrogen (secondary N) is 1. The van der Waals surface area contributed by atoms with Crippen LogP contribution in [0.3, 0.4) is 0 Å². The summed E-state index contributed by atoms with van der Waals surface area (Å²) in [6.07, 6.45) is 4.32. The van der Waals surface area contributed by atoms with Crippen LogP contribution in [0, 0.1) is 17.6 Å². The van der Waals surface area contributed by atoms with Crippen molar-refractivity contribution >= 4 is 40.1 Å². The number of anilines is 3. The highest BCUT2D eigenvalue weighted by Gasteiger charge is 2.43. The molecule has 2 unspecified atom stereocenters. The van der Waals surface area contributed by atoms with Gasteiger partial charge in [-0.05, 0) is 43.2 Å². The summed E-state index contributed by atoms with van der Waals surface area (Å²) in [7, 11) is 0. The van der Waals surface area contributed by atoms with E-state index in [1.54, 1.807) is 22.5 Å². The fourth-order valence-corrected chi connectivity index (χ4v) is 4.80. The van der Waals surface area contributed by atoms with Crippen LogP contribution in [0.15, 0.2) is 42.4 Å². The monoisotopic (exact) mass is 481 g/mol. The fraction of sp³-hybridized carbons (Fsp3) is 0.320. The number of rotatable bonds is 8. The molecule has 2 aromatic heterocycles. The molecule has 5 rings (SSSR count). The molecule has 1 amide bonds. The molecule has 2 aliphatic rings. The second-order valence-electron chi connectivity index (χ2n) is 8.93. The number of pyridine rings is 1. The quantitative estimate of drug-likeness (QED) is 0.424. The highest BCUT2D eigenvalue weighted by atomic mass is 32.1. The number of aromatic nitrogens is 2. The van der Waals surface area contributed by atoms with E-state index in [4.69, 9.17) is 10.7 Å². The van der Waals surface area contributed by atoms with Gasteiger partial charge in [0.25, 0.3) is 5.91 Å². The van der Waals surface area contributed by atoms with E-state index in [2.05, 4.69) is 23.8 Å². The lowest BCUT2D eigenvalue weighted by atomic mass is 10.1. The zero-order valence-electron chi connectivity index (χ0n) is 18.7. The number of halogens is 2. The average molecular weight is 482 g/mol. The maximum atomic E-state index is 14.1. The molecule has 0 radical (unpaired) electrons. The Balaban J connectivity index is 1.52. The van der Waals surface area contributed by atoms with Gasteiger partial charge in [0, 0.05) is 47.0 Å². The average Bonchev–Trinajstić information content (AvgIpc) is 3.70. The van der Waals surface area contributed by atoms with Gasteiger partial charge in [-0.3, -0.25) is 9.69 Å². The molecular formula is C25H25F2N5OS. The minimum absolute atomic E-state index is 0.00294. The second kappa shape index (κ2) is 8.79. The molecule has 1 aromatic carbocycles. The van der Waals surface area contributed by atoms with Crippen molar-refractivity contribution in [2.45, 2.75) is 44.7 Å². The van der Waals surface area contributed by atoms with Crippen LogP contribution in [0.4, 0.5) is 26.1 Å². The molecule has 3 aromatic rings. The van der Waals surface area contributed by atoms with Crippen molar-refractivity contribution in [1.82, 2.24) is 9.97 Å². The van der Waals surface area contributed by atoms with Gasteiger partial charge in [0.1, 0.15) is 28.3 Å². The van der Waals surface area contributed by atoms with E-state index in [-0.39, 0.29) is 30.0 Å². The summed E-state index contributed by atoms with van der Waals surface area (Å²) in [4.78, 5) is 24.3. The molecule has 0 aliphatic heterocycles. The Morgan fingerprint density at radius 3 is 2.62 bits per heavy atom. The van der Waals surface area contributed by atoms with Crippen LogP contribution in [-0.2, 0) is 11.3 Å². The normalized spacial score (nSPS) is 19.0. The van der Waals surface area contributed by atoms with E-state index in [0.29, 0.717) is 33.8 Å². The van der Waals surface area contributed by atoms with Crippen molar-refractivity contribution in [2.24, 2.45) is 5.92 Å². The van der Waals surface area contributed by atoms with Gasteiger partial charge in [0.15, 0.2) is 0 Å². The van der Waals surface area contributed by atoms with Gasteiger partial charge in [-0.15, -0.1) is 11.3 Å². The van der Waals surface area contributed by atoms with Gasteiger partial charge in [0.2, 0.25) is 0 Å². The summed E-state index contributed by atoms with van der Waals surface area (Å²) >= 11 is 1.36. The number of nitrogens with two attached hydrogens (primary N) is 1. The first-order valence-corrected chi connectivity index (χ1v) is 12.1. The molecule has 2 saturated carbocycles. The van der Waals surface area contributed by atoms with E-state index >= 15 is 0 Å². The lowest BCUT2D eigenvalue weighted by Gasteiger charge is -2.26. The largest absolute Gasteiger partial charge is 0.398 e. The van der Waals surface area contributed by atoms with E-state index in [0.717, 1.165) is 24.8 Å². The first-order valence-electron chi connectivity index (χ1n) is 11.2. The molecule has 2 aliphatic carbocycles. The zero-order chi connectivity index (χ0) is 24.0.